The molecule has 1 aromatic carbocycles. The zero-order valence-corrected chi connectivity index (χ0v) is 17.1. The van der Waals surface area contributed by atoms with E-state index in [1.807, 2.05) is 64.1 Å². The minimum Gasteiger partial charge on any atom is -0.466 e. The summed E-state index contributed by atoms with van der Waals surface area (Å²) in [5, 5.41) is 0. The number of carbonyl (C=O) groups excluding carboxylic acids is 2. The highest BCUT2D eigenvalue weighted by Crippen LogP contribution is 2.40. The molecule has 28 heavy (non-hydrogen) atoms. The van der Waals surface area contributed by atoms with Crippen LogP contribution in [0.5, 0.6) is 0 Å². The van der Waals surface area contributed by atoms with Crippen LogP contribution in [-0.2, 0) is 9.53 Å². The Morgan fingerprint density at radius 1 is 1.21 bits per heavy atom. The molecule has 0 saturated carbocycles. The van der Waals surface area contributed by atoms with Crippen molar-refractivity contribution in [3.63, 3.8) is 0 Å². The van der Waals surface area contributed by atoms with Gasteiger partial charge in [0.05, 0.1) is 17.7 Å². The maximum atomic E-state index is 13.3. The summed E-state index contributed by atoms with van der Waals surface area (Å²) in [6.45, 7) is 9.13. The Morgan fingerprint density at radius 3 is 2.64 bits per heavy atom. The molecule has 0 spiro atoms. The minimum absolute atomic E-state index is 0.0397. The Morgan fingerprint density at radius 2 is 2.00 bits per heavy atom. The summed E-state index contributed by atoms with van der Waals surface area (Å²) in [5.41, 5.74) is 2.74. The summed E-state index contributed by atoms with van der Waals surface area (Å²) in [4.78, 5) is 32.2. The molecule has 1 aliphatic rings. The van der Waals surface area contributed by atoms with Crippen LogP contribution in [-0.4, -0.2) is 41.5 Å². The topological polar surface area (TPSA) is 59.5 Å². The van der Waals surface area contributed by atoms with Crippen molar-refractivity contribution >= 4 is 11.9 Å². The fourth-order valence-corrected chi connectivity index (χ4v) is 3.99. The van der Waals surface area contributed by atoms with E-state index in [-0.39, 0.29) is 17.8 Å². The van der Waals surface area contributed by atoms with Crippen molar-refractivity contribution in [1.29, 1.82) is 0 Å². The smallest absolute Gasteiger partial charge is 0.314 e. The summed E-state index contributed by atoms with van der Waals surface area (Å²) < 4.78 is 5.34. The molecule has 2 aromatic rings. The van der Waals surface area contributed by atoms with Crippen LogP contribution in [0.1, 0.15) is 43.1 Å². The van der Waals surface area contributed by atoms with Crippen LogP contribution >= 0.6 is 0 Å². The lowest BCUT2D eigenvalue weighted by Crippen LogP contribution is -2.42. The molecule has 0 unspecified atom stereocenters. The number of amides is 1. The molecule has 1 aliphatic heterocycles. The SMILES string of the molecule is CCOC(=O)[C@]1(C(C)C)CCN(C(=O)c2cccc(-c3ccccn3)c2C)C1. The quantitative estimate of drug-likeness (QED) is 0.733. The normalized spacial score (nSPS) is 19.1. The molecule has 1 amide bonds. The fourth-order valence-electron chi connectivity index (χ4n) is 3.99. The molecule has 5 heteroatoms. The second kappa shape index (κ2) is 8.13. The van der Waals surface area contributed by atoms with Crippen molar-refractivity contribution in [2.45, 2.75) is 34.1 Å². The Hall–Kier alpha value is -2.69. The third-order valence-electron chi connectivity index (χ3n) is 5.88. The van der Waals surface area contributed by atoms with Gasteiger partial charge in [-0.25, -0.2) is 0 Å². The van der Waals surface area contributed by atoms with Crippen molar-refractivity contribution in [3.8, 4) is 11.3 Å². The lowest BCUT2D eigenvalue weighted by atomic mass is 9.76. The number of carbonyl (C=O) groups is 2. The second-order valence-electron chi connectivity index (χ2n) is 7.70. The van der Waals surface area contributed by atoms with Gasteiger partial charge in [-0.15, -0.1) is 0 Å². The number of ether oxygens (including phenoxy) is 1. The van der Waals surface area contributed by atoms with E-state index in [0.717, 1.165) is 16.8 Å². The van der Waals surface area contributed by atoms with E-state index in [4.69, 9.17) is 4.74 Å². The summed E-state index contributed by atoms with van der Waals surface area (Å²) in [6.07, 6.45) is 2.38. The van der Waals surface area contributed by atoms with Gasteiger partial charge in [-0.3, -0.25) is 14.6 Å². The number of likely N-dealkylation sites (tertiary alicyclic amines) is 1. The van der Waals surface area contributed by atoms with Crippen LogP contribution in [0.4, 0.5) is 0 Å². The molecule has 1 atom stereocenters. The highest BCUT2D eigenvalue weighted by Gasteiger charge is 2.49. The standard InChI is InChI=1S/C23H28N2O3/c1-5-28-22(27)23(16(2)3)12-14-25(15-23)21(26)19-10-8-9-18(17(19)4)20-11-6-7-13-24-20/h6-11,13,16H,5,12,14-15H2,1-4H3/t23-/m1/s1. The molecule has 148 valence electrons. The third-order valence-corrected chi connectivity index (χ3v) is 5.88. The number of hydrogen-bond donors (Lipinski definition) is 0. The van der Waals surface area contributed by atoms with E-state index in [1.54, 1.807) is 11.1 Å². The number of benzene rings is 1. The number of pyridine rings is 1. The zero-order valence-electron chi connectivity index (χ0n) is 17.1. The molecule has 0 radical (unpaired) electrons. The number of rotatable bonds is 5. The van der Waals surface area contributed by atoms with Crippen molar-refractivity contribution in [3.05, 3.63) is 53.7 Å². The second-order valence-corrected chi connectivity index (χ2v) is 7.70. The largest absolute Gasteiger partial charge is 0.466 e. The first kappa shape index (κ1) is 20.1. The van der Waals surface area contributed by atoms with Gasteiger partial charge >= 0.3 is 5.97 Å². The average Bonchev–Trinajstić information content (AvgIpc) is 3.15. The molecule has 1 saturated heterocycles. The highest BCUT2D eigenvalue weighted by atomic mass is 16.5. The predicted octanol–water partition coefficient (Wildman–Crippen LogP) is 4.11. The van der Waals surface area contributed by atoms with E-state index in [9.17, 15) is 9.59 Å². The van der Waals surface area contributed by atoms with E-state index >= 15 is 0 Å². The Labute approximate surface area is 166 Å². The lowest BCUT2D eigenvalue weighted by Gasteiger charge is -2.31. The van der Waals surface area contributed by atoms with E-state index in [2.05, 4.69) is 4.98 Å². The number of hydrogen-bond acceptors (Lipinski definition) is 4. The van der Waals surface area contributed by atoms with Gasteiger partial charge in [0.1, 0.15) is 0 Å². The Kier molecular flexibility index (Phi) is 5.82. The summed E-state index contributed by atoms with van der Waals surface area (Å²) >= 11 is 0. The first-order valence-corrected chi connectivity index (χ1v) is 9.88. The molecule has 2 heterocycles. The van der Waals surface area contributed by atoms with Gasteiger partial charge in [-0.2, -0.15) is 0 Å². The van der Waals surface area contributed by atoms with Gasteiger partial charge in [-0.05, 0) is 49.9 Å². The molecule has 0 aliphatic carbocycles. The summed E-state index contributed by atoms with van der Waals surface area (Å²) in [7, 11) is 0. The average molecular weight is 380 g/mol. The monoisotopic (exact) mass is 380 g/mol. The van der Waals surface area contributed by atoms with Crippen molar-refractivity contribution in [2.24, 2.45) is 11.3 Å². The van der Waals surface area contributed by atoms with Crippen LogP contribution in [0.3, 0.4) is 0 Å². The zero-order chi connectivity index (χ0) is 20.3. The van der Waals surface area contributed by atoms with Gasteiger partial charge in [0.25, 0.3) is 5.91 Å². The first-order valence-electron chi connectivity index (χ1n) is 9.88. The van der Waals surface area contributed by atoms with Crippen molar-refractivity contribution in [2.75, 3.05) is 19.7 Å². The van der Waals surface area contributed by atoms with E-state index in [0.29, 0.717) is 31.7 Å². The lowest BCUT2D eigenvalue weighted by molar-refractivity contribution is -0.157. The van der Waals surface area contributed by atoms with Crippen molar-refractivity contribution in [1.82, 2.24) is 9.88 Å². The summed E-state index contributed by atoms with van der Waals surface area (Å²) in [5.74, 6) is -0.133. The molecule has 5 nitrogen and oxygen atoms in total. The third kappa shape index (κ3) is 3.53. The molecule has 0 N–H and O–H groups in total. The van der Waals surface area contributed by atoms with E-state index < -0.39 is 5.41 Å². The van der Waals surface area contributed by atoms with Crippen LogP contribution in [0.2, 0.25) is 0 Å². The molecule has 1 fully saturated rings. The van der Waals surface area contributed by atoms with Gasteiger partial charge in [0.15, 0.2) is 0 Å². The van der Waals surface area contributed by atoms with Gasteiger partial charge < -0.3 is 9.64 Å². The Balaban J connectivity index is 1.89. The highest BCUT2D eigenvalue weighted by molar-refractivity contribution is 5.98. The van der Waals surface area contributed by atoms with Gasteiger partial charge in [0.2, 0.25) is 0 Å². The van der Waals surface area contributed by atoms with Crippen LogP contribution in [0, 0.1) is 18.3 Å². The Bertz CT molecular complexity index is 863. The molecular formula is C23H28N2O3. The van der Waals surface area contributed by atoms with Crippen molar-refractivity contribution < 1.29 is 14.3 Å². The number of aromatic nitrogens is 1. The van der Waals surface area contributed by atoms with Gasteiger partial charge in [-0.1, -0.05) is 32.0 Å². The van der Waals surface area contributed by atoms with Crippen LogP contribution < -0.4 is 0 Å². The van der Waals surface area contributed by atoms with Crippen LogP contribution in [0.15, 0.2) is 42.6 Å². The molecule has 3 rings (SSSR count). The molecular weight excluding hydrogens is 352 g/mol. The maximum absolute atomic E-state index is 13.3. The minimum atomic E-state index is -0.627. The first-order chi connectivity index (χ1) is 13.4. The molecule has 0 bridgehead atoms. The predicted molar refractivity (Wildman–Crippen MR) is 109 cm³/mol. The summed E-state index contributed by atoms with van der Waals surface area (Å²) in [6, 6.07) is 11.5. The number of esters is 1. The number of nitrogens with zero attached hydrogens (tertiary/aromatic N) is 2. The van der Waals surface area contributed by atoms with E-state index in [1.165, 1.54) is 0 Å². The molecule has 1 aromatic heterocycles. The van der Waals surface area contributed by atoms with Crippen LogP contribution in [0.25, 0.3) is 11.3 Å². The maximum Gasteiger partial charge on any atom is 0.314 e. The fraction of sp³-hybridized carbons (Fsp3) is 0.435. The van der Waals surface area contributed by atoms with Gasteiger partial charge in [0, 0.05) is 30.4 Å².